The molecule has 39 heavy (non-hydrogen) atoms. The fourth-order valence-electron chi connectivity index (χ4n) is 4.74. The van der Waals surface area contributed by atoms with Crippen molar-refractivity contribution in [1.29, 1.82) is 0 Å². The summed E-state index contributed by atoms with van der Waals surface area (Å²) in [5.74, 6) is 6.35. The third-order valence-corrected chi connectivity index (χ3v) is 7.97. The van der Waals surface area contributed by atoms with Crippen LogP contribution in [0.4, 0.5) is 0 Å². The summed E-state index contributed by atoms with van der Waals surface area (Å²) in [5.41, 5.74) is 5.57. The summed E-state index contributed by atoms with van der Waals surface area (Å²) in [4.78, 5) is 11.2. The van der Waals surface area contributed by atoms with Crippen LogP contribution in [0, 0.1) is 24.2 Å². The van der Waals surface area contributed by atoms with Gasteiger partial charge in [0.15, 0.2) is 0 Å². The minimum absolute atomic E-state index is 0.0102. The topological polar surface area (TPSA) is 65.0 Å². The molecular weight excluding hydrogens is 508 g/mol. The molecule has 1 saturated heterocycles. The standard InChI is InChI=1S/C33H32O5S/c1-4-5-25(15-32(34)35)24-8-6-23(7-9-24)17-37-27-11-13-31-29(16-27)30(18-39-31)28-12-10-26(14-22(28)2)38-21-33(3)19-36-20-33/h6-14,16,18,25H,15,17,19-21H2,1-3H3,(H,34,35). The van der Waals surface area contributed by atoms with Crippen LogP contribution in [0.3, 0.4) is 0 Å². The predicted molar refractivity (Wildman–Crippen MR) is 156 cm³/mol. The molecule has 1 aliphatic heterocycles. The number of benzene rings is 3. The van der Waals surface area contributed by atoms with E-state index in [0.29, 0.717) is 13.2 Å². The summed E-state index contributed by atoms with van der Waals surface area (Å²) in [6.07, 6.45) is -0.0102. The third kappa shape index (κ3) is 6.27. The van der Waals surface area contributed by atoms with E-state index in [4.69, 9.17) is 14.2 Å². The zero-order valence-corrected chi connectivity index (χ0v) is 23.3. The van der Waals surface area contributed by atoms with Crippen molar-refractivity contribution in [2.75, 3.05) is 19.8 Å². The Balaban J connectivity index is 1.28. The number of aryl methyl sites for hydroxylation is 1. The van der Waals surface area contributed by atoms with Gasteiger partial charge in [-0.3, -0.25) is 4.79 Å². The van der Waals surface area contributed by atoms with Crippen molar-refractivity contribution in [3.8, 4) is 34.5 Å². The minimum Gasteiger partial charge on any atom is -0.493 e. The highest BCUT2D eigenvalue weighted by atomic mass is 32.1. The number of aliphatic carboxylic acids is 1. The first-order valence-electron chi connectivity index (χ1n) is 13.0. The molecule has 4 aromatic rings. The van der Waals surface area contributed by atoms with Crippen LogP contribution in [0.2, 0.25) is 0 Å². The summed E-state index contributed by atoms with van der Waals surface area (Å²) in [6.45, 7) is 8.62. The molecule has 0 spiro atoms. The number of rotatable bonds is 10. The first-order chi connectivity index (χ1) is 18.8. The number of hydrogen-bond acceptors (Lipinski definition) is 5. The van der Waals surface area contributed by atoms with Crippen molar-refractivity contribution < 1.29 is 24.1 Å². The van der Waals surface area contributed by atoms with Crippen LogP contribution < -0.4 is 9.47 Å². The highest BCUT2D eigenvalue weighted by Gasteiger charge is 2.34. The lowest BCUT2D eigenvalue weighted by Gasteiger charge is -2.37. The van der Waals surface area contributed by atoms with Gasteiger partial charge in [0.25, 0.3) is 0 Å². The Hall–Kier alpha value is -3.79. The number of hydrogen-bond donors (Lipinski definition) is 1. The lowest BCUT2D eigenvalue weighted by Crippen LogP contribution is -2.44. The van der Waals surface area contributed by atoms with Crippen molar-refractivity contribution in [2.24, 2.45) is 5.41 Å². The van der Waals surface area contributed by atoms with E-state index < -0.39 is 5.97 Å². The van der Waals surface area contributed by atoms with Gasteiger partial charge in [0, 0.05) is 21.1 Å². The molecule has 200 valence electrons. The number of carboxylic acids is 1. The smallest absolute Gasteiger partial charge is 0.304 e. The van der Waals surface area contributed by atoms with Gasteiger partial charge in [-0.2, -0.15) is 0 Å². The van der Waals surface area contributed by atoms with Gasteiger partial charge in [0.05, 0.1) is 32.2 Å². The van der Waals surface area contributed by atoms with Gasteiger partial charge in [-0.25, -0.2) is 0 Å². The van der Waals surface area contributed by atoms with Crippen LogP contribution in [0.5, 0.6) is 11.5 Å². The highest BCUT2D eigenvalue weighted by molar-refractivity contribution is 7.17. The first-order valence-corrected chi connectivity index (χ1v) is 13.9. The average Bonchev–Trinajstić information content (AvgIpc) is 3.32. The molecule has 0 amide bonds. The highest BCUT2D eigenvalue weighted by Crippen LogP contribution is 2.39. The monoisotopic (exact) mass is 540 g/mol. The van der Waals surface area contributed by atoms with Crippen LogP contribution >= 0.6 is 11.3 Å². The van der Waals surface area contributed by atoms with Crippen molar-refractivity contribution >= 4 is 27.4 Å². The Kier molecular flexibility index (Phi) is 7.92. The molecule has 0 bridgehead atoms. The van der Waals surface area contributed by atoms with E-state index in [-0.39, 0.29) is 17.8 Å². The number of thiophene rings is 1. The van der Waals surface area contributed by atoms with Crippen molar-refractivity contribution in [1.82, 2.24) is 0 Å². The Morgan fingerprint density at radius 2 is 1.79 bits per heavy atom. The SMILES string of the molecule is CC#CC(CC(=O)O)c1ccc(COc2ccc3scc(-c4ccc(OCC5(C)COC5)cc4C)c3c2)cc1. The molecule has 1 fully saturated rings. The van der Waals surface area contributed by atoms with E-state index in [1.165, 1.54) is 26.8 Å². The third-order valence-electron chi connectivity index (χ3n) is 7.01. The van der Waals surface area contributed by atoms with Gasteiger partial charge >= 0.3 is 5.97 Å². The zero-order valence-electron chi connectivity index (χ0n) is 22.5. The van der Waals surface area contributed by atoms with E-state index in [1.54, 1.807) is 18.3 Å². The second kappa shape index (κ2) is 11.5. The Morgan fingerprint density at radius 1 is 1.05 bits per heavy atom. The fraction of sp³-hybridized carbons (Fsp3) is 0.303. The van der Waals surface area contributed by atoms with Gasteiger partial charge in [-0.05, 0) is 71.8 Å². The van der Waals surface area contributed by atoms with Gasteiger partial charge < -0.3 is 19.3 Å². The molecule has 0 aliphatic carbocycles. The maximum Gasteiger partial charge on any atom is 0.304 e. The van der Waals surface area contributed by atoms with Gasteiger partial charge in [-0.1, -0.05) is 43.2 Å². The van der Waals surface area contributed by atoms with Crippen LogP contribution in [0.1, 0.15) is 42.9 Å². The maximum absolute atomic E-state index is 11.2. The van der Waals surface area contributed by atoms with Crippen LogP contribution in [0.15, 0.2) is 66.0 Å². The van der Waals surface area contributed by atoms with E-state index in [0.717, 1.165) is 35.8 Å². The molecule has 0 saturated carbocycles. The Bertz CT molecular complexity index is 1540. The van der Waals surface area contributed by atoms with E-state index in [2.05, 4.69) is 55.3 Å². The molecule has 3 aromatic carbocycles. The molecule has 5 rings (SSSR count). The van der Waals surface area contributed by atoms with Crippen LogP contribution in [-0.2, 0) is 16.1 Å². The molecule has 5 nitrogen and oxygen atoms in total. The molecule has 1 unspecified atom stereocenters. The second-order valence-corrected chi connectivity index (χ2v) is 11.4. The van der Waals surface area contributed by atoms with E-state index in [9.17, 15) is 9.90 Å². The summed E-state index contributed by atoms with van der Waals surface area (Å²) in [7, 11) is 0. The molecule has 1 aromatic heterocycles. The summed E-state index contributed by atoms with van der Waals surface area (Å²) in [6, 6.07) is 20.3. The Labute approximate surface area is 233 Å². The molecule has 2 heterocycles. The number of ether oxygens (including phenoxy) is 3. The lowest BCUT2D eigenvalue weighted by molar-refractivity contribution is -0.137. The fourth-order valence-corrected chi connectivity index (χ4v) is 5.68. The molecule has 1 aliphatic rings. The molecule has 6 heteroatoms. The van der Waals surface area contributed by atoms with Crippen LogP contribution in [-0.4, -0.2) is 30.9 Å². The number of carbonyl (C=O) groups is 1. The first kappa shape index (κ1) is 26.8. The predicted octanol–water partition coefficient (Wildman–Crippen LogP) is 7.45. The van der Waals surface area contributed by atoms with Gasteiger partial charge in [0.2, 0.25) is 0 Å². The quantitative estimate of drug-likeness (QED) is 0.212. The van der Waals surface area contributed by atoms with Gasteiger partial charge in [-0.15, -0.1) is 17.3 Å². The van der Waals surface area contributed by atoms with Crippen molar-refractivity contribution in [3.05, 3.63) is 82.7 Å². The summed E-state index contributed by atoms with van der Waals surface area (Å²) in [5, 5.41) is 12.5. The molecule has 0 radical (unpaired) electrons. The minimum atomic E-state index is -0.855. The maximum atomic E-state index is 11.2. The lowest BCUT2D eigenvalue weighted by atomic mass is 9.90. The Morgan fingerprint density at radius 3 is 2.46 bits per heavy atom. The summed E-state index contributed by atoms with van der Waals surface area (Å²) < 4.78 is 18.8. The number of carboxylic acid groups (broad SMARTS) is 1. The second-order valence-electron chi connectivity index (χ2n) is 10.5. The van der Waals surface area contributed by atoms with Crippen molar-refractivity contribution in [3.63, 3.8) is 0 Å². The molecular formula is C33H32O5S. The molecule has 1 atom stereocenters. The summed E-state index contributed by atoms with van der Waals surface area (Å²) >= 11 is 1.73. The molecule has 1 N–H and O–H groups in total. The normalized spacial score (nSPS) is 14.6. The van der Waals surface area contributed by atoms with E-state index in [1.807, 2.05) is 36.4 Å². The van der Waals surface area contributed by atoms with Crippen LogP contribution in [0.25, 0.3) is 21.2 Å². The average molecular weight is 541 g/mol. The number of fused-ring (bicyclic) bond motifs is 1. The van der Waals surface area contributed by atoms with Gasteiger partial charge in [0.1, 0.15) is 18.1 Å². The zero-order chi connectivity index (χ0) is 27.4. The largest absolute Gasteiger partial charge is 0.493 e. The van der Waals surface area contributed by atoms with Crippen molar-refractivity contribution in [2.45, 2.75) is 39.7 Å². The van der Waals surface area contributed by atoms with E-state index >= 15 is 0 Å².